The van der Waals surface area contributed by atoms with Crippen LogP contribution in [0.2, 0.25) is 0 Å². The minimum atomic E-state index is 0.582. The lowest BCUT2D eigenvalue weighted by Crippen LogP contribution is -2.34. The van der Waals surface area contributed by atoms with Crippen molar-refractivity contribution in [3.05, 3.63) is 54.4 Å². The summed E-state index contributed by atoms with van der Waals surface area (Å²) in [6.45, 7) is 6.40. The molecule has 0 bridgehead atoms. The van der Waals surface area contributed by atoms with E-state index in [1.165, 1.54) is 5.56 Å². The van der Waals surface area contributed by atoms with Gasteiger partial charge < -0.3 is 4.90 Å². The molecule has 2 heterocycles. The highest BCUT2D eigenvalue weighted by Gasteiger charge is 2.21. The van der Waals surface area contributed by atoms with E-state index < -0.39 is 0 Å². The van der Waals surface area contributed by atoms with Crippen LogP contribution in [-0.4, -0.2) is 40.5 Å². The van der Waals surface area contributed by atoms with Crippen LogP contribution in [0.25, 0.3) is 0 Å². The van der Waals surface area contributed by atoms with Gasteiger partial charge in [0.05, 0.1) is 0 Å². The third-order valence-corrected chi connectivity index (χ3v) is 4.16. The quantitative estimate of drug-likeness (QED) is 0.866. The molecule has 21 heavy (non-hydrogen) atoms. The van der Waals surface area contributed by atoms with Crippen LogP contribution < -0.4 is 4.90 Å². The molecule has 1 aliphatic rings. The lowest BCUT2D eigenvalue weighted by molar-refractivity contribution is 0.212. The Morgan fingerprint density at radius 1 is 1.00 bits per heavy atom. The Morgan fingerprint density at radius 2 is 1.76 bits per heavy atom. The van der Waals surface area contributed by atoms with Crippen LogP contribution in [-0.2, 0) is 6.54 Å². The summed E-state index contributed by atoms with van der Waals surface area (Å²) in [5.74, 6) is 0.853. The van der Waals surface area contributed by atoms with E-state index in [1.807, 2.05) is 18.5 Å². The van der Waals surface area contributed by atoms with Crippen LogP contribution in [0.4, 0.5) is 5.95 Å². The summed E-state index contributed by atoms with van der Waals surface area (Å²) in [7, 11) is 0. The van der Waals surface area contributed by atoms with Crippen molar-refractivity contribution in [2.24, 2.45) is 0 Å². The molecule has 1 saturated heterocycles. The van der Waals surface area contributed by atoms with Gasteiger partial charge in [-0.15, -0.1) is 0 Å². The van der Waals surface area contributed by atoms with E-state index in [-0.39, 0.29) is 0 Å². The molecule has 4 nitrogen and oxygen atoms in total. The average Bonchev–Trinajstić information content (AvgIpc) is 2.72. The second kappa shape index (κ2) is 6.68. The van der Waals surface area contributed by atoms with E-state index in [2.05, 4.69) is 57.0 Å². The number of hydrogen-bond acceptors (Lipinski definition) is 4. The molecule has 1 fully saturated rings. The first-order valence-corrected chi connectivity index (χ1v) is 7.63. The fourth-order valence-electron chi connectivity index (χ4n) is 2.81. The van der Waals surface area contributed by atoms with E-state index in [9.17, 15) is 0 Å². The van der Waals surface area contributed by atoms with Crippen molar-refractivity contribution < 1.29 is 0 Å². The average molecular weight is 282 g/mol. The molecule has 1 atom stereocenters. The standard InChI is InChI=1S/C17H22N4/c1-15-8-11-20(17-18-9-5-10-19-17)12-13-21(15)14-16-6-3-2-4-7-16/h2-7,9-10,15H,8,11-14H2,1H3/t15-/m0/s1. The van der Waals surface area contributed by atoms with E-state index in [4.69, 9.17) is 0 Å². The predicted molar refractivity (Wildman–Crippen MR) is 85.2 cm³/mol. The molecule has 1 aromatic heterocycles. The summed E-state index contributed by atoms with van der Waals surface area (Å²) in [6.07, 6.45) is 4.78. The Hall–Kier alpha value is -1.94. The van der Waals surface area contributed by atoms with Crippen LogP contribution in [0.1, 0.15) is 18.9 Å². The van der Waals surface area contributed by atoms with Gasteiger partial charge in [0.1, 0.15) is 0 Å². The SMILES string of the molecule is C[C@H]1CCN(c2ncccn2)CCN1Cc1ccccc1. The molecule has 0 radical (unpaired) electrons. The third-order valence-electron chi connectivity index (χ3n) is 4.16. The molecule has 1 aliphatic heterocycles. The first-order valence-electron chi connectivity index (χ1n) is 7.63. The zero-order valence-electron chi connectivity index (χ0n) is 12.5. The van der Waals surface area contributed by atoms with Crippen LogP contribution in [0.15, 0.2) is 48.8 Å². The van der Waals surface area contributed by atoms with Crippen molar-refractivity contribution in [2.45, 2.75) is 25.9 Å². The lowest BCUT2D eigenvalue weighted by atomic mass is 10.1. The number of anilines is 1. The topological polar surface area (TPSA) is 32.3 Å². The maximum absolute atomic E-state index is 4.37. The number of benzene rings is 1. The molecule has 0 saturated carbocycles. The van der Waals surface area contributed by atoms with Crippen molar-refractivity contribution in [2.75, 3.05) is 24.5 Å². The maximum Gasteiger partial charge on any atom is 0.225 e. The fourth-order valence-corrected chi connectivity index (χ4v) is 2.81. The van der Waals surface area contributed by atoms with Gasteiger partial charge in [-0.2, -0.15) is 0 Å². The lowest BCUT2D eigenvalue weighted by Gasteiger charge is -2.26. The fraction of sp³-hybridized carbons (Fsp3) is 0.412. The van der Waals surface area contributed by atoms with Crippen molar-refractivity contribution in [3.8, 4) is 0 Å². The molecule has 0 aliphatic carbocycles. The van der Waals surface area contributed by atoms with Gasteiger partial charge in [0, 0.05) is 44.6 Å². The highest BCUT2D eigenvalue weighted by molar-refractivity contribution is 5.28. The Bertz CT molecular complexity index is 543. The summed E-state index contributed by atoms with van der Waals surface area (Å²) in [4.78, 5) is 13.6. The first-order chi connectivity index (χ1) is 10.3. The minimum absolute atomic E-state index is 0.582. The third kappa shape index (κ3) is 3.58. The largest absolute Gasteiger partial charge is 0.339 e. The Morgan fingerprint density at radius 3 is 2.52 bits per heavy atom. The van der Waals surface area contributed by atoms with Gasteiger partial charge in [-0.3, -0.25) is 4.90 Å². The van der Waals surface area contributed by atoms with E-state index in [1.54, 1.807) is 0 Å². The first kappa shape index (κ1) is 14.0. The number of aromatic nitrogens is 2. The highest BCUT2D eigenvalue weighted by atomic mass is 15.3. The van der Waals surface area contributed by atoms with Gasteiger partial charge in [-0.05, 0) is 25.0 Å². The predicted octanol–water partition coefficient (Wildman–Crippen LogP) is 2.58. The number of hydrogen-bond donors (Lipinski definition) is 0. The van der Waals surface area contributed by atoms with Crippen LogP contribution >= 0.6 is 0 Å². The molecule has 0 spiro atoms. The van der Waals surface area contributed by atoms with Gasteiger partial charge in [-0.1, -0.05) is 30.3 Å². The van der Waals surface area contributed by atoms with Gasteiger partial charge >= 0.3 is 0 Å². The molecule has 0 N–H and O–H groups in total. The van der Waals surface area contributed by atoms with E-state index in [0.717, 1.165) is 38.5 Å². The molecular weight excluding hydrogens is 260 g/mol. The number of rotatable bonds is 3. The van der Waals surface area contributed by atoms with Gasteiger partial charge in [0.2, 0.25) is 5.95 Å². The van der Waals surface area contributed by atoms with Crippen LogP contribution in [0, 0.1) is 0 Å². The Labute approximate surface area is 126 Å². The second-order valence-electron chi connectivity index (χ2n) is 5.63. The summed E-state index contributed by atoms with van der Waals surface area (Å²) in [5, 5.41) is 0. The molecule has 4 heteroatoms. The molecule has 3 rings (SSSR count). The second-order valence-corrected chi connectivity index (χ2v) is 5.63. The zero-order valence-corrected chi connectivity index (χ0v) is 12.5. The van der Waals surface area contributed by atoms with Crippen molar-refractivity contribution >= 4 is 5.95 Å². The van der Waals surface area contributed by atoms with Crippen molar-refractivity contribution in [3.63, 3.8) is 0 Å². The number of nitrogens with zero attached hydrogens (tertiary/aromatic N) is 4. The summed E-state index contributed by atoms with van der Waals surface area (Å²) in [5.41, 5.74) is 1.38. The molecule has 110 valence electrons. The van der Waals surface area contributed by atoms with Crippen LogP contribution in [0.5, 0.6) is 0 Å². The zero-order chi connectivity index (χ0) is 14.5. The molecule has 0 unspecified atom stereocenters. The maximum atomic E-state index is 4.37. The van der Waals surface area contributed by atoms with E-state index >= 15 is 0 Å². The van der Waals surface area contributed by atoms with Crippen molar-refractivity contribution in [1.29, 1.82) is 0 Å². The van der Waals surface area contributed by atoms with E-state index in [0.29, 0.717) is 6.04 Å². The van der Waals surface area contributed by atoms with Crippen molar-refractivity contribution in [1.82, 2.24) is 14.9 Å². The molecular formula is C17H22N4. The molecule has 0 amide bonds. The van der Waals surface area contributed by atoms with Gasteiger partial charge in [0.25, 0.3) is 0 Å². The highest BCUT2D eigenvalue weighted by Crippen LogP contribution is 2.17. The van der Waals surface area contributed by atoms with Gasteiger partial charge in [-0.25, -0.2) is 9.97 Å². The minimum Gasteiger partial charge on any atom is -0.339 e. The van der Waals surface area contributed by atoms with Gasteiger partial charge in [0.15, 0.2) is 0 Å². The molecule has 2 aromatic rings. The summed E-state index contributed by atoms with van der Waals surface area (Å²) in [6, 6.07) is 13.2. The Balaban J connectivity index is 1.66. The monoisotopic (exact) mass is 282 g/mol. The normalized spacial score (nSPS) is 20.2. The van der Waals surface area contributed by atoms with Crippen LogP contribution in [0.3, 0.4) is 0 Å². The summed E-state index contributed by atoms with van der Waals surface area (Å²) >= 11 is 0. The Kier molecular flexibility index (Phi) is 4.46. The summed E-state index contributed by atoms with van der Waals surface area (Å²) < 4.78 is 0. The molecule has 1 aromatic carbocycles. The smallest absolute Gasteiger partial charge is 0.225 e.